The summed E-state index contributed by atoms with van der Waals surface area (Å²) >= 11 is 0. The van der Waals surface area contributed by atoms with E-state index in [4.69, 9.17) is 4.74 Å². The van der Waals surface area contributed by atoms with E-state index >= 15 is 0 Å². The number of ether oxygens (including phenoxy) is 1. The third-order valence-electron chi connectivity index (χ3n) is 4.83. The third kappa shape index (κ3) is 4.66. The number of carbonyl (C=O) groups is 2. The highest BCUT2D eigenvalue weighted by atomic mass is 16.5. The molecule has 11 nitrogen and oxygen atoms in total. The quantitative estimate of drug-likeness (QED) is 0.413. The normalized spacial score (nSPS) is 11.0. The van der Waals surface area contributed by atoms with Crippen molar-refractivity contribution in [2.24, 2.45) is 0 Å². The van der Waals surface area contributed by atoms with Gasteiger partial charge in [0.2, 0.25) is 11.9 Å². The minimum atomic E-state index is -0.446. The zero-order valence-electron chi connectivity index (χ0n) is 18.5. The Morgan fingerprint density at radius 1 is 1.15 bits per heavy atom. The van der Waals surface area contributed by atoms with Gasteiger partial charge in [0.05, 0.1) is 30.6 Å². The number of aromatic nitrogens is 6. The molecule has 0 unspecified atom stereocenters. The maximum Gasteiger partial charge on any atom is 0.306 e. The third-order valence-corrected chi connectivity index (χ3v) is 4.83. The number of fused-ring (bicyclic) bond motifs is 1. The van der Waals surface area contributed by atoms with Gasteiger partial charge in [-0.05, 0) is 38.5 Å². The van der Waals surface area contributed by atoms with Crippen molar-refractivity contribution in [2.75, 3.05) is 11.9 Å². The lowest BCUT2D eigenvalue weighted by atomic mass is 10.2. The summed E-state index contributed by atoms with van der Waals surface area (Å²) in [5.74, 6) is -0.406. The van der Waals surface area contributed by atoms with E-state index in [-0.39, 0.29) is 31.0 Å². The number of H-pyrrole nitrogens is 1. The van der Waals surface area contributed by atoms with Crippen LogP contribution in [0.15, 0.2) is 41.3 Å². The Morgan fingerprint density at radius 3 is 2.73 bits per heavy atom. The smallest absolute Gasteiger partial charge is 0.306 e. The molecule has 0 radical (unpaired) electrons. The maximum atomic E-state index is 12.7. The summed E-state index contributed by atoms with van der Waals surface area (Å²) in [6.45, 7) is 5.67. The average Bonchev–Trinajstić information content (AvgIpc) is 3.36. The van der Waals surface area contributed by atoms with Gasteiger partial charge in [0.25, 0.3) is 5.56 Å². The maximum absolute atomic E-state index is 12.7. The molecule has 0 aliphatic heterocycles. The van der Waals surface area contributed by atoms with Crippen molar-refractivity contribution in [2.45, 2.75) is 33.6 Å². The predicted octanol–water partition coefficient (Wildman–Crippen LogP) is 2.19. The Morgan fingerprint density at radius 2 is 1.97 bits per heavy atom. The van der Waals surface area contributed by atoms with Crippen LogP contribution in [0.2, 0.25) is 0 Å². The zero-order chi connectivity index (χ0) is 23.5. The minimum absolute atomic E-state index is 0.0382. The SMILES string of the molecule is CCOC(=O)CCC(=O)Nc1cc(C)nn1-c1nc2c(cnn2-c2cccc(C)c2)c(=O)[nH]1. The number of nitrogens with one attached hydrogen (secondary N) is 2. The molecule has 1 aromatic carbocycles. The average molecular weight is 449 g/mol. The van der Waals surface area contributed by atoms with Gasteiger partial charge in [-0.3, -0.25) is 19.4 Å². The molecule has 0 bridgehead atoms. The van der Waals surface area contributed by atoms with Crippen molar-refractivity contribution in [1.29, 1.82) is 0 Å². The van der Waals surface area contributed by atoms with E-state index in [1.165, 1.54) is 10.9 Å². The highest BCUT2D eigenvalue weighted by Gasteiger charge is 2.17. The molecular weight excluding hydrogens is 426 g/mol. The van der Waals surface area contributed by atoms with Gasteiger partial charge in [0, 0.05) is 12.5 Å². The number of hydrogen-bond donors (Lipinski definition) is 2. The van der Waals surface area contributed by atoms with Crippen molar-refractivity contribution in [3.05, 3.63) is 58.1 Å². The molecular formula is C22H23N7O4. The van der Waals surface area contributed by atoms with Gasteiger partial charge in [-0.15, -0.1) is 0 Å². The molecule has 11 heteroatoms. The van der Waals surface area contributed by atoms with Crippen LogP contribution >= 0.6 is 0 Å². The van der Waals surface area contributed by atoms with E-state index in [9.17, 15) is 14.4 Å². The van der Waals surface area contributed by atoms with Crippen molar-refractivity contribution < 1.29 is 14.3 Å². The molecule has 0 saturated heterocycles. The molecule has 0 atom stereocenters. The fourth-order valence-corrected chi connectivity index (χ4v) is 3.36. The van der Waals surface area contributed by atoms with Crippen molar-refractivity contribution in [3.63, 3.8) is 0 Å². The highest BCUT2D eigenvalue weighted by Crippen LogP contribution is 2.18. The molecule has 33 heavy (non-hydrogen) atoms. The standard InChI is InChI=1S/C22H23N7O4/c1-4-33-19(31)9-8-18(30)24-17-11-14(3)27-29(17)22-25-20-16(21(32)26-22)12-23-28(20)15-7-5-6-13(2)10-15/h5-7,10-12H,4,8-9H2,1-3H3,(H,24,30)(H,25,26,32). The van der Waals surface area contributed by atoms with Crippen LogP contribution in [0.1, 0.15) is 31.0 Å². The van der Waals surface area contributed by atoms with Crippen LogP contribution in [0.3, 0.4) is 0 Å². The molecule has 0 saturated carbocycles. The van der Waals surface area contributed by atoms with Crippen LogP contribution in [0, 0.1) is 13.8 Å². The Kier molecular flexibility index (Phi) is 6.03. The second kappa shape index (κ2) is 9.07. The molecule has 0 aliphatic rings. The monoisotopic (exact) mass is 449 g/mol. The Bertz CT molecular complexity index is 1400. The van der Waals surface area contributed by atoms with Gasteiger partial charge < -0.3 is 10.1 Å². The molecule has 3 heterocycles. The van der Waals surface area contributed by atoms with E-state index < -0.39 is 11.9 Å². The molecule has 4 aromatic rings. The number of aromatic amines is 1. The topological polar surface area (TPSA) is 137 Å². The van der Waals surface area contributed by atoms with Crippen LogP contribution < -0.4 is 10.9 Å². The first kappa shape index (κ1) is 21.9. The molecule has 4 rings (SSSR count). The van der Waals surface area contributed by atoms with E-state index in [0.717, 1.165) is 11.3 Å². The van der Waals surface area contributed by atoms with Crippen molar-refractivity contribution in [1.82, 2.24) is 29.5 Å². The molecule has 0 spiro atoms. The zero-order valence-corrected chi connectivity index (χ0v) is 18.5. The van der Waals surface area contributed by atoms with Gasteiger partial charge in [-0.1, -0.05) is 12.1 Å². The van der Waals surface area contributed by atoms with Gasteiger partial charge in [0.1, 0.15) is 11.2 Å². The lowest BCUT2D eigenvalue weighted by molar-refractivity contribution is -0.144. The van der Waals surface area contributed by atoms with E-state index in [1.807, 2.05) is 31.2 Å². The summed E-state index contributed by atoms with van der Waals surface area (Å²) in [7, 11) is 0. The number of nitrogens with zero attached hydrogens (tertiary/aromatic N) is 5. The van der Waals surface area contributed by atoms with Crippen LogP contribution in [0.5, 0.6) is 0 Å². The van der Waals surface area contributed by atoms with Crippen LogP contribution in [0.4, 0.5) is 5.82 Å². The van der Waals surface area contributed by atoms with E-state index in [1.54, 1.807) is 24.6 Å². The fourth-order valence-electron chi connectivity index (χ4n) is 3.36. The van der Waals surface area contributed by atoms with Crippen LogP contribution in [0.25, 0.3) is 22.7 Å². The minimum Gasteiger partial charge on any atom is -0.466 e. The summed E-state index contributed by atoms with van der Waals surface area (Å²) < 4.78 is 7.76. The highest BCUT2D eigenvalue weighted by molar-refractivity contribution is 5.92. The van der Waals surface area contributed by atoms with Gasteiger partial charge >= 0.3 is 5.97 Å². The van der Waals surface area contributed by atoms with Crippen LogP contribution in [-0.4, -0.2) is 48.0 Å². The van der Waals surface area contributed by atoms with Crippen LogP contribution in [-0.2, 0) is 14.3 Å². The first-order chi connectivity index (χ1) is 15.9. The Labute approximate surface area is 188 Å². The first-order valence-corrected chi connectivity index (χ1v) is 10.4. The second-order valence-electron chi connectivity index (χ2n) is 7.46. The molecule has 1 amide bonds. The molecule has 0 fully saturated rings. The number of hydrogen-bond acceptors (Lipinski definition) is 7. The number of rotatable bonds is 7. The van der Waals surface area contributed by atoms with E-state index in [0.29, 0.717) is 22.5 Å². The number of aryl methyl sites for hydroxylation is 2. The first-order valence-electron chi connectivity index (χ1n) is 10.4. The summed E-state index contributed by atoms with van der Waals surface area (Å²) in [5, 5.41) is 11.7. The van der Waals surface area contributed by atoms with Gasteiger partial charge in [-0.2, -0.15) is 19.9 Å². The fraction of sp³-hybridized carbons (Fsp3) is 0.273. The number of anilines is 1. The van der Waals surface area contributed by atoms with E-state index in [2.05, 4.69) is 25.5 Å². The number of esters is 1. The second-order valence-corrected chi connectivity index (χ2v) is 7.46. The van der Waals surface area contributed by atoms with Crippen molar-refractivity contribution in [3.8, 4) is 11.6 Å². The Balaban J connectivity index is 1.68. The largest absolute Gasteiger partial charge is 0.466 e. The summed E-state index contributed by atoms with van der Waals surface area (Å²) in [6.07, 6.45) is 1.37. The van der Waals surface area contributed by atoms with Gasteiger partial charge in [0.15, 0.2) is 5.65 Å². The number of carbonyl (C=O) groups excluding carboxylic acids is 2. The summed E-state index contributed by atoms with van der Waals surface area (Å²) in [5.41, 5.74) is 2.37. The van der Waals surface area contributed by atoms with Gasteiger partial charge in [-0.25, -0.2) is 4.68 Å². The lowest BCUT2D eigenvalue weighted by Crippen LogP contribution is -2.19. The molecule has 0 aliphatic carbocycles. The predicted molar refractivity (Wildman–Crippen MR) is 121 cm³/mol. The lowest BCUT2D eigenvalue weighted by Gasteiger charge is -2.09. The van der Waals surface area contributed by atoms with Crippen molar-refractivity contribution >= 4 is 28.7 Å². The summed E-state index contributed by atoms with van der Waals surface area (Å²) in [4.78, 5) is 43.9. The molecule has 2 N–H and O–H groups in total. The Hall–Kier alpha value is -4.28. The summed E-state index contributed by atoms with van der Waals surface area (Å²) in [6, 6.07) is 9.30. The molecule has 3 aromatic heterocycles. The molecule has 170 valence electrons. The number of amides is 1. The number of benzene rings is 1.